The van der Waals surface area contributed by atoms with Gasteiger partial charge in [0.2, 0.25) is 0 Å². The molecule has 1 rings (SSSR count). The van der Waals surface area contributed by atoms with Crippen molar-refractivity contribution in [3.8, 4) is 0 Å². The summed E-state index contributed by atoms with van der Waals surface area (Å²) in [7, 11) is -1.85. The minimum Gasteiger partial charge on any atom is -0.479 e. The molecule has 0 saturated carbocycles. The van der Waals surface area contributed by atoms with Crippen LogP contribution < -0.4 is 0 Å². The molecule has 0 bridgehead atoms. The van der Waals surface area contributed by atoms with Crippen LogP contribution in [0.15, 0.2) is 0 Å². The molecule has 1 aliphatic heterocycles. The molecule has 0 aromatic rings. The van der Waals surface area contributed by atoms with Crippen molar-refractivity contribution in [1.82, 2.24) is 0 Å². The van der Waals surface area contributed by atoms with E-state index in [4.69, 9.17) is 19.0 Å². The first-order chi connectivity index (χ1) is 8.84. The van der Waals surface area contributed by atoms with Crippen molar-refractivity contribution >= 4 is 14.3 Å². The van der Waals surface area contributed by atoms with Gasteiger partial charge < -0.3 is 19.0 Å². The van der Waals surface area contributed by atoms with Crippen LogP contribution in [0.4, 0.5) is 0 Å². The van der Waals surface area contributed by atoms with E-state index in [2.05, 4.69) is 33.9 Å². The number of aliphatic carboxylic acids is 1. The highest BCUT2D eigenvalue weighted by Crippen LogP contribution is 2.37. The summed E-state index contributed by atoms with van der Waals surface area (Å²) in [5.41, 5.74) is 0. The maximum atomic E-state index is 11.1. The second-order valence-electron chi connectivity index (χ2n) is 7.39. The Hall–Kier alpha value is -0.433. The average molecular weight is 304 g/mol. The van der Waals surface area contributed by atoms with Gasteiger partial charge in [0.25, 0.3) is 0 Å². The first-order valence-electron chi connectivity index (χ1n) is 7.06. The fraction of sp³-hybridized carbons (Fsp3) is 0.929. The summed E-state index contributed by atoms with van der Waals surface area (Å²) in [6, 6.07) is 0. The Balaban J connectivity index is 2.66. The van der Waals surface area contributed by atoms with Gasteiger partial charge in [-0.2, -0.15) is 0 Å². The summed E-state index contributed by atoms with van der Waals surface area (Å²) in [5.74, 6) is -1.83. The first-order valence-corrected chi connectivity index (χ1v) is 9.97. The third-order valence-electron chi connectivity index (χ3n) is 4.07. The standard InChI is InChI=1S/C14H28O5Si/c1-13(2,3)20(6,7)17-9-10-8-11(12(15)16)19-14(4,5)18-10/h10-11H,8-9H2,1-7H3,(H,15,16)/t10-,11+/m0/s1. The Kier molecular flexibility index (Phi) is 5.07. The van der Waals surface area contributed by atoms with Gasteiger partial charge >= 0.3 is 5.97 Å². The molecule has 0 amide bonds. The molecule has 1 N–H and O–H groups in total. The van der Waals surface area contributed by atoms with E-state index in [0.29, 0.717) is 13.0 Å². The van der Waals surface area contributed by atoms with Crippen LogP contribution in [-0.2, 0) is 18.7 Å². The number of hydrogen-bond donors (Lipinski definition) is 1. The fourth-order valence-corrected chi connectivity index (χ4v) is 2.91. The van der Waals surface area contributed by atoms with Gasteiger partial charge in [0.1, 0.15) is 0 Å². The minimum absolute atomic E-state index is 0.125. The van der Waals surface area contributed by atoms with E-state index in [9.17, 15) is 4.79 Å². The van der Waals surface area contributed by atoms with Gasteiger partial charge in [0.15, 0.2) is 20.2 Å². The summed E-state index contributed by atoms with van der Waals surface area (Å²) < 4.78 is 17.3. The molecule has 0 aromatic carbocycles. The normalized spacial score (nSPS) is 27.4. The topological polar surface area (TPSA) is 65.0 Å². The predicted octanol–water partition coefficient (Wildman–Crippen LogP) is 3.00. The molecule has 20 heavy (non-hydrogen) atoms. The molecule has 0 radical (unpaired) electrons. The summed E-state index contributed by atoms with van der Waals surface area (Å²) in [5, 5.41) is 9.26. The predicted molar refractivity (Wildman–Crippen MR) is 79.2 cm³/mol. The smallest absolute Gasteiger partial charge is 0.333 e. The molecule has 2 atom stereocenters. The molecular weight excluding hydrogens is 276 g/mol. The molecule has 0 spiro atoms. The van der Waals surface area contributed by atoms with Gasteiger partial charge in [-0.05, 0) is 32.0 Å². The van der Waals surface area contributed by atoms with Gasteiger partial charge in [-0.1, -0.05) is 20.8 Å². The molecule has 1 heterocycles. The van der Waals surface area contributed by atoms with Gasteiger partial charge in [0, 0.05) is 6.42 Å². The van der Waals surface area contributed by atoms with Gasteiger partial charge in [-0.3, -0.25) is 0 Å². The van der Waals surface area contributed by atoms with Crippen molar-refractivity contribution in [3.63, 3.8) is 0 Å². The Morgan fingerprint density at radius 3 is 2.35 bits per heavy atom. The molecule has 0 aromatic heterocycles. The van der Waals surface area contributed by atoms with E-state index in [-0.39, 0.29) is 11.1 Å². The lowest BCUT2D eigenvalue weighted by Gasteiger charge is -2.42. The number of carboxylic acid groups (broad SMARTS) is 1. The van der Waals surface area contributed by atoms with Crippen LogP contribution in [0.25, 0.3) is 0 Å². The zero-order chi connectivity index (χ0) is 15.8. The van der Waals surface area contributed by atoms with Gasteiger partial charge in [-0.25, -0.2) is 4.79 Å². The summed E-state index contributed by atoms with van der Waals surface area (Å²) in [6.45, 7) is 14.8. The first kappa shape index (κ1) is 17.6. The van der Waals surface area contributed by atoms with Crippen LogP contribution in [0.1, 0.15) is 41.0 Å². The Morgan fingerprint density at radius 2 is 1.90 bits per heavy atom. The van der Waals surface area contributed by atoms with E-state index >= 15 is 0 Å². The third-order valence-corrected chi connectivity index (χ3v) is 8.57. The maximum absolute atomic E-state index is 11.1. The molecule has 5 nitrogen and oxygen atoms in total. The molecule has 0 unspecified atom stereocenters. The number of rotatable bonds is 4. The number of ether oxygens (including phenoxy) is 2. The SMILES string of the molecule is CC1(C)O[C@H](CO[Si](C)(C)C(C)(C)C)C[C@H](C(=O)O)O1. The minimum atomic E-state index is -1.85. The van der Waals surface area contributed by atoms with E-state index < -0.39 is 26.2 Å². The van der Waals surface area contributed by atoms with Crippen molar-refractivity contribution in [1.29, 1.82) is 0 Å². The van der Waals surface area contributed by atoms with Crippen LogP contribution in [0.5, 0.6) is 0 Å². The molecular formula is C14H28O5Si. The molecule has 1 fully saturated rings. The van der Waals surface area contributed by atoms with Crippen molar-refractivity contribution in [3.05, 3.63) is 0 Å². The largest absolute Gasteiger partial charge is 0.479 e. The van der Waals surface area contributed by atoms with E-state index in [1.165, 1.54) is 0 Å². The second-order valence-corrected chi connectivity index (χ2v) is 12.2. The lowest BCUT2D eigenvalue weighted by atomic mass is 10.1. The van der Waals surface area contributed by atoms with Crippen molar-refractivity contribution in [2.75, 3.05) is 6.61 Å². The van der Waals surface area contributed by atoms with Crippen molar-refractivity contribution in [2.24, 2.45) is 0 Å². The van der Waals surface area contributed by atoms with Crippen LogP contribution in [0, 0.1) is 0 Å². The molecule has 0 aliphatic carbocycles. The van der Waals surface area contributed by atoms with E-state index in [0.717, 1.165) is 0 Å². The zero-order valence-corrected chi connectivity index (χ0v) is 14.6. The second kappa shape index (κ2) is 5.75. The number of carbonyl (C=O) groups is 1. The number of hydrogen-bond acceptors (Lipinski definition) is 4. The van der Waals surface area contributed by atoms with Crippen molar-refractivity contribution in [2.45, 2.75) is 77.2 Å². The third kappa shape index (κ3) is 4.55. The fourth-order valence-electron chi connectivity index (χ4n) is 1.88. The highest BCUT2D eigenvalue weighted by Gasteiger charge is 2.42. The lowest BCUT2D eigenvalue weighted by Crippen LogP contribution is -2.51. The van der Waals surface area contributed by atoms with Crippen LogP contribution in [0.3, 0.4) is 0 Å². The quantitative estimate of drug-likeness (QED) is 0.809. The zero-order valence-electron chi connectivity index (χ0n) is 13.6. The Labute approximate surface area is 122 Å². The summed E-state index contributed by atoms with van der Waals surface area (Å²) in [6.07, 6.45) is -0.742. The monoisotopic (exact) mass is 304 g/mol. The van der Waals surface area contributed by atoms with Gasteiger partial charge in [0.05, 0.1) is 12.7 Å². The van der Waals surface area contributed by atoms with Crippen LogP contribution in [-0.4, -0.2) is 44.0 Å². The molecule has 1 aliphatic rings. The summed E-state index contributed by atoms with van der Waals surface area (Å²) in [4.78, 5) is 11.1. The number of carboxylic acids is 1. The highest BCUT2D eigenvalue weighted by molar-refractivity contribution is 6.74. The Morgan fingerprint density at radius 1 is 1.35 bits per heavy atom. The van der Waals surface area contributed by atoms with Crippen molar-refractivity contribution < 1.29 is 23.8 Å². The summed E-state index contributed by atoms with van der Waals surface area (Å²) >= 11 is 0. The van der Waals surface area contributed by atoms with E-state index in [1.807, 2.05) is 0 Å². The molecule has 118 valence electrons. The Bertz CT molecular complexity index is 359. The maximum Gasteiger partial charge on any atom is 0.333 e. The van der Waals surface area contributed by atoms with E-state index in [1.54, 1.807) is 13.8 Å². The molecule has 1 saturated heterocycles. The average Bonchev–Trinajstić information content (AvgIpc) is 2.22. The highest BCUT2D eigenvalue weighted by atomic mass is 28.4. The lowest BCUT2D eigenvalue weighted by molar-refractivity contribution is -0.300. The molecule has 6 heteroatoms. The van der Waals surface area contributed by atoms with Crippen LogP contribution >= 0.6 is 0 Å². The van der Waals surface area contributed by atoms with Crippen LogP contribution in [0.2, 0.25) is 18.1 Å². The van der Waals surface area contributed by atoms with Gasteiger partial charge in [-0.15, -0.1) is 0 Å².